The van der Waals surface area contributed by atoms with E-state index < -0.39 is 0 Å². The highest BCUT2D eigenvalue weighted by atomic mass is 16.2. The van der Waals surface area contributed by atoms with Crippen molar-refractivity contribution in [2.75, 3.05) is 17.2 Å². The minimum atomic E-state index is -0.324. The summed E-state index contributed by atoms with van der Waals surface area (Å²) >= 11 is 0. The van der Waals surface area contributed by atoms with Crippen LogP contribution in [0.3, 0.4) is 0 Å². The molecule has 160 valence electrons. The van der Waals surface area contributed by atoms with Crippen LogP contribution in [0.25, 0.3) is 0 Å². The van der Waals surface area contributed by atoms with E-state index in [1.807, 2.05) is 0 Å². The Labute approximate surface area is 184 Å². The van der Waals surface area contributed by atoms with Crippen LogP contribution in [0.4, 0.5) is 11.4 Å². The number of amides is 4. The van der Waals surface area contributed by atoms with Crippen LogP contribution in [0, 0.1) is 0 Å². The molecule has 2 heterocycles. The van der Waals surface area contributed by atoms with E-state index in [0.717, 1.165) is 0 Å². The first-order valence-corrected chi connectivity index (χ1v) is 10.1. The van der Waals surface area contributed by atoms with Gasteiger partial charge in [-0.15, -0.1) is 0 Å². The van der Waals surface area contributed by atoms with E-state index in [-0.39, 0.29) is 36.6 Å². The molecule has 1 aromatic heterocycles. The number of carbonyl (C=O) groups is 4. The number of benzene rings is 2. The third-order valence-electron chi connectivity index (χ3n) is 5.01. The Hall–Kier alpha value is -4.33. The van der Waals surface area contributed by atoms with Gasteiger partial charge >= 0.3 is 0 Å². The zero-order valence-electron chi connectivity index (χ0n) is 17.1. The van der Waals surface area contributed by atoms with E-state index in [9.17, 15) is 19.2 Å². The summed E-state index contributed by atoms with van der Waals surface area (Å²) in [5, 5.41) is 5.53. The molecule has 1 aliphatic rings. The second-order valence-electron chi connectivity index (χ2n) is 7.23. The molecule has 0 unspecified atom stereocenters. The number of hydrogen-bond acceptors (Lipinski definition) is 5. The maximum absolute atomic E-state index is 12.3. The predicted octanol–water partition coefficient (Wildman–Crippen LogP) is 3.35. The average Bonchev–Trinajstić information content (AvgIpc) is 3.06. The summed E-state index contributed by atoms with van der Waals surface area (Å²) in [6.07, 6.45) is 3.59. The first-order valence-electron chi connectivity index (χ1n) is 10.1. The highest BCUT2D eigenvalue weighted by molar-refractivity contribution is 6.21. The minimum absolute atomic E-state index is 0.160. The van der Waals surface area contributed by atoms with Gasteiger partial charge in [-0.3, -0.25) is 29.1 Å². The second kappa shape index (κ2) is 9.22. The highest BCUT2D eigenvalue weighted by Crippen LogP contribution is 2.22. The maximum Gasteiger partial charge on any atom is 0.261 e. The zero-order valence-corrected chi connectivity index (χ0v) is 17.1. The molecule has 4 amide bonds. The number of hydrogen-bond donors (Lipinski definition) is 2. The molecule has 0 atom stereocenters. The highest BCUT2D eigenvalue weighted by Gasteiger charge is 2.34. The lowest BCUT2D eigenvalue weighted by Crippen LogP contribution is -2.31. The van der Waals surface area contributed by atoms with Gasteiger partial charge in [0, 0.05) is 36.7 Å². The number of imide groups is 1. The van der Waals surface area contributed by atoms with Crippen LogP contribution in [0.1, 0.15) is 43.9 Å². The Bertz CT molecular complexity index is 1140. The Balaban J connectivity index is 1.25. The molecule has 0 aliphatic carbocycles. The molecule has 2 N–H and O–H groups in total. The number of nitrogens with zero attached hydrogens (tertiary/aromatic N) is 2. The summed E-state index contributed by atoms with van der Waals surface area (Å²) in [5.74, 6) is -1.15. The van der Waals surface area contributed by atoms with Gasteiger partial charge in [-0.1, -0.05) is 12.1 Å². The van der Waals surface area contributed by atoms with Gasteiger partial charge in [0.25, 0.3) is 17.7 Å². The van der Waals surface area contributed by atoms with Crippen molar-refractivity contribution < 1.29 is 19.2 Å². The van der Waals surface area contributed by atoms with Crippen LogP contribution in [-0.4, -0.2) is 40.1 Å². The van der Waals surface area contributed by atoms with Crippen LogP contribution in [0.2, 0.25) is 0 Å². The monoisotopic (exact) mass is 428 g/mol. The third kappa shape index (κ3) is 4.54. The molecule has 0 fully saturated rings. The lowest BCUT2D eigenvalue weighted by molar-refractivity contribution is -0.116. The predicted molar refractivity (Wildman–Crippen MR) is 118 cm³/mol. The molecule has 0 spiro atoms. The fourth-order valence-electron chi connectivity index (χ4n) is 3.40. The van der Waals surface area contributed by atoms with Gasteiger partial charge in [0.2, 0.25) is 5.91 Å². The van der Waals surface area contributed by atoms with Crippen molar-refractivity contribution >= 4 is 35.0 Å². The Kier molecular flexibility index (Phi) is 6.03. The summed E-state index contributed by atoms with van der Waals surface area (Å²) in [6, 6.07) is 16.8. The average molecular weight is 428 g/mol. The SMILES string of the molecule is O=C(CCCN1C(=O)c2ccccc2C1=O)Nc1ccc(NC(=O)c2cccnc2)cc1. The molecular formula is C24H20N4O4. The lowest BCUT2D eigenvalue weighted by Gasteiger charge is -2.13. The Morgan fingerprint density at radius 2 is 1.44 bits per heavy atom. The molecular weight excluding hydrogens is 408 g/mol. The van der Waals surface area contributed by atoms with E-state index in [2.05, 4.69) is 15.6 Å². The number of nitrogens with one attached hydrogen (secondary N) is 2. The van der Waals surface area contributed by atoms with Crippen molar-refractivity contribution in [3.05, 3.63) is 89.7 Å². The Morgan fingerprint density at radius 1 is 0.812 bits per heavy atom. The molecule has 3 aromatic rings. The number of anilines is 2. The summed E-state index contributed by atoms with van der Waals surface area (Å²) in [6.45, 7) is 0.180. The fourth-order valence-corrected chi connectivity index (χ4v) is 3.40. The molecule has 0 saturated carbocycles. The Morgan fingerprint density at radius 3 is 2.03 bits per heavy atom. The smallest absolute Gasteiger partial charge is 0.261 e. The van der Waals surface area contributed by atoms with Gasteiger partial charge in [-0.05, 0) is 55.0 Å². The normalized spacial score (nSPS) is 12.4. The molecule has 0 radical (unpaired) electrons. The quantitative estimate of drug-likeness (QED) is 0.561. The molecule has 0 saturated heterocycles. The van der Waals surface area contributed by atoms with E-state index in [1.165, 1.54) is 11.1 Å². The van der Waals surface area contributed by atoms with Gasteiger partial charge in [0.15, 0.2) is 0 Å². The minimum Gasteiger partial charge on any atom is -0.326 e. The van der Waals surface area contributed by atoms with Crippen LogP contribution in [0.15, 0.2) is 73.1 Å². The summed E-state index contributed by atoms with van der Waals surface area (Å²) < 4.78 is 0. The van der Waals surface area contributed by atoms with E-state index in [1.54, 1.807) is 66.9 Å². The van der Waals surface area contributed by atoms with Crippen LogP contribution in [0.5, 0.6) is 0 Å². The van der Waals surface area contributed by atoms with E-state index >= 15 is 0 Å². The summed E-state index contributed by atoms with van der Waals surface area (Å²) in [7, 11) is 0. The van der Waals surface area contributed by atoms with Gasteiger partial charge in [-0.2, -0.15) is 0 Å². The number of pyridine rings is 1. The molecule has 2 aromatic carbocycles. The van der Waals surface area contributed by atoms with Gasteiger partial charge in [0.05, 0.1) is 16.7 Å². The molecule has 8 nitrogen and oxygen atoms in total. The van der Waals surface area contributed by atoms with Crippen molar-refractivity contribution in [2.24, 2.45) is 0 Å². The van der Waals surface area contributed by atoms with Gasteiger partial charge in [-0.25, -0.2) is 0 Å². The first kappa shape index (κ1) is 20.9. The molecule has 0 bridgehead atoms. The largest absolute Gasteiger partial charge is 0.326 e. The van der Waals surface area contributed by atoms with Crippen molar-refractivity contribution in [1.29, 1.82) is 0 Å². The molecule has 1 aliphatic heterocycles. The van der Waals surface area contributed by atoms with Crippen molar-refractivity contribution in [1.82, 2.24) is 9.88 Å². The molecule has 32 heavy (non-hydrogen) atoms. The van der Waals surface area contributed by atoms with Crippen LogP contribution < -0.4 is 10.6 Å². The summed E-state index contributed by atoms with van der Waals surface area (Å²) in [4.78, 5) is 54.2. The number of fused-ring (bicyclic) bond motifs is 1. The standard InChI is InChI=1S/C24H20N4O4/c29-21(8-4-14-28-23(31)19-6-1-2-7-20(19)24(28)32)26-17-9-11-18(12-10-17)27-22(30)16-5-3-13-25-15-16/h1-3,5-7,9-13,15H,4,8,14H2,(H,26,29)(H,27,30). The second-order valence-corrected chi connectivity index (χ2v) is 7.23. The van der Waals surface area contributed by atoms with Crippen LogP contribution >= 0.6 is 0 Å². The maximum atomic E-state index is 12.3. The van der Waals surface area contributed by atoms with Gasteiger partial charge < -0.3 is 10.6 Å². The first-order chi connectivity index (χ1) is 15.5. The molecule has 4 rings (SSSR count). The van der Waals surface area contributed by atoms with Crippen molar-refractivity contribution in [2.45, 2.75) is 12.8 Å². The number of rotatable bonds is 7. The topological polar surface area (TPSA) is 108 Å². The van der Waals surface area contributed by atoms with E-state index in [4.69, 9.17) is 0 Å². The lowest BCUT2D eigenvalue weighted by atomic mass is 10.1. The van der Waals surface area contributed by atoms with Crippen molar-refractivity contribution in [3.8, 4) is 0 Å². The fraction of sp³-hybridized carbons (Fsp3) is 0.125. The van der Waals surface area contributed by atoms with E-state index in [0.29, 0.717) is 34.5 Å². The molecule has 8 heteroatoms. The summed E-state index contributed by atoms with van der Waals surface area (Å²) in [5.41, 5.74) is 2.41. The zero-order chi connectivity index (χ0) is 22.5. The van der Waals surface area contributed by atoms with Crippen molar-refractivity contribution in [3.63, 3.8) is 0 Å². The van der Waals surface area contributed by atoms with Crippen LogP contribution in [-0.2, 0) is 4.79 Å². The van der Waals surface area contributed by atoms with Gasteiger partial charge in [0.1, 0.15) is 0 Å². The number of carbonyl (C=O) groups excluding carboxylic acids is 4. The third-order valence-corrected chi connectivity index (χ3v) is 5.01. The number of aromatic nitrogens is 1.